The van der Waals surface area contributed by atoms with Gasteiger partial charge in [-0.1, -0.05) is 26.0 Å². The number of hydrogen-bond donors (Lipinski definition) is 2. The second kappa shape index (κ2) is 8.91. The van der Waals surface area contributed by atoms with Crippen molar-refractivity contribution in [1.29, 1.82) is 5.26 Å². The summed E-state index contributed by atoms with van der Waals surface area (Å²) in [5, 5.41) is 12.3. The molecule has 6 heteroatoms. The summed E-state index contributed by atoms with van der Waals surface area (Å²) in [6.07, 6.45) is 0. The van der Waals surface area contributed by atoms with Gasteiger partial charge in [-0.15, -0.1) is 0 Å². The highest BCUT2D eigenvalue weighted by molar-refractivity contribution is 5.78. The number of rotatable bonds is 7. The van der Waals surface area contributed by atoms with Crippen molar-refractivity contribution in [3.8, 4) is 11.8 Å². The van der Waals surface area contributed by atoms with E-state index in [1.54, 1.807) is 6.92 Å². The van der Waals surface area contributed by atoms with Crippen LogP contribution in [0.5, 0.6) is 5.75 Å². The Morgan fingerprint density at radius 3 is 2.62 bits per heavy atom. The second-order valence-electron chi connectivity index (χ2n) is 7.33. The van der Waals surface area contributed by atoms with E-state index in [0.29, 0.717) is 13.2 Å². The molecule has 1 atom stereocenters. The topological polar surface area (TPSA) is 69.8 Å². The fourth-order valence-electron chi connectivity index (χ4n) is 3.10. The molecule has 0 aromatic heterocycles. The van der Waals surface area contributed by atoms with Crippen LogP contribution >= 0.6 is 0 Å². The van der Waals surface area contributed by atoms with Gasteiger partial charge in [-0.25, -0.2) is 0 Å². The third kappa shape index (κ3) is 4.89. The zero-order valence-corrected chi connectivity index (χ0v) is 16.3. The summed E-state index contributed by atoms with van der Waals surface area (Å²) in [6, 6.07) is 10.3. The van der Waals surface area contributed by atoms with Crippen molar-refractivity contribution in [2.24, 2.45) is 5.92 Å². The maximum atomic E-state index is 12.4. The third-order valence-corrected chi connectivity index (χ3v) is 5.17. The molecule has 142 valence electrons. The van der Waals surface area contributed by atoms with E-state index in [1.165, 1.54) is 4.90 Å². The quantitative estimate of drug-likeness (QED) is 0.757. The summed E-state index contributed by atoms with van der Waals surface area (Å²) >= 11 is 0. The molecule has 1 aromatic carbocycles. The van der Waals surface area contributed by atoms with Gasteiger partial charge in [0.25, 0.3) is 5.91 Å². The highest BCUT2D eigenvalue weighted by Gasteiger charge is 2.32. The highest BCUT2D eigenvalue weighted by atomic mass is 16.5. The van der Waals surface area contributed by atoms with E-state index in [2.05, 4.69) is 22.4 Å². The molecule has 2 rings (SSSR count). The lowest BCUT2D eigenvalue weighted by molar-refractivity contribution is -0.892. The van der Waals surface area contributed by atoms with Crippen LogP contribution in [0.25, 0.3) is 0 Å². The van der Waals surface area contributed by atoms with Crippen LogP contribution in [0.1, 0.15) is 27.7 Å². The molecule has 1 saturated heterocycles. The van der Waals surface area contributed by atoms with Crippen molar-refractivity contribution in [2.75, 3.05) is 44.2 Å². The predicted octanol–water partition coefficient (Wildman–Crippen LogP) is 0.845. The number of carbonyl (C=O) groups excluding carboxylic acids is 1. The Hall–Kier alpha value is -2.26. The number of hydrogen-bond acceptors (Lipinski definition) is 4. The number of carbonyl (C=O) groups is 1. The molecule has 1 heterocycles. The number of quaternary nitrogens is 1. The van der Waals surface area contributed by atoms with E-state index in [1.807, 2.05) is 39.0 Å². The van der Waals surface area contributed by atoms with Crippen LogP contribution in [-0.4, -0.2) is 50.8 Å². The normalized spacial score (nSPS) is 17.5. The summed E-state index contributed by atoms with van der Waals surface area (Å²) in [5.74, 6) is 0.928. The van der Waals surface area contributed by atoms with Gasteiger partial charge in [0.05, 0.1) is 44.5 Å². The highest BCUT2D eigenvalue weighted by Crippen LogP contribution is 2.27. The Morgan fingerprint density at radius 1 is 1.38 bits per heavy atom. The number of amides is 1. The van der Waals surface area contributed by atoms with Crippen LogP contribution < -0.4 is 19.9 Å². The van der Waals surface area contributed by atoms with Crippen molar-refractivity contribution in [1.82, 2.24) is 5.32 Å². The van der Waals surface area contributed by atoms with Gasteiger partial charge in [-0.2, -0.15) is 5.26 Å². The lowest BCUT2D eigenvalue weighted by Gasteiger charge is -2.35. The third-order valence-electron chi connectivity index (χ3n) is 5.17. The first-order valence-corrected chi connectivity index (χ1v) is 9.42. The van der Waals surface area contributed by atoms with Gasteiger partial charge in [0, 0.05) is 0 Å². The Morgan fingerprint density at radius 2 is 2.04 bits per heavy atom. The lowest BCUT2D eigenvalue weighted by atomic mass is 9.90. The van der Waals surface area contributed by atoms with Gasteiger partial charge < -0.3 is 19.9 Å². The van der Waals surface area contributed by atoms with Crippen LogP contribution in [0.2, 0.25) is 0 Å². The minimum absolute atomic E-state index is 0.0547. The van der Waals surface area contributed by atoms with Gasteiger partial charge in [-0.05, 0) is 31.9 Å². The summed E-state index contributed by atoms with van der Waals surface area (Å²) < 4.78 is 5.73. The summed E-state index contributed by atoms with van der Waals surface area (Å²) in [7, 11) is 0. The van der Waals surface area contributed by atoms with E-state index in [9.17, 15) is 10.1 Å². The number of nitriles is 1. The zero-order chi connectivity index (χ0) is 19.2. The average molecular weight is 359 g/mol. The molecule has 0 aliphatic carbocycles. The number of nitrogens with one attached hydrogen (secondary N) is 2. The van der Waals surface area contributed by atoms with Crippen molar-refractivity contribution in [3.63, 3.8) is 0 Å². The maximum absolute atomic E-state index is 12.4. The molecule has 26 heavy (non-hydrogen) atoms. The molecule has 0 spiro atoms. The van der Waals surface area contributed by atoms with Gasteiger partial charge in [0.1, 0.15) is 11.3 Å². The minimum Gasteiger partial charge on any atom is -0.492 e. The number of para-hydroxylation sites is 2. The van der Waals surface area contributed by atoms with Crippen LogP contribution in [0.4, 0.5) is 5.69 Å². The molecule has 2 N–H and O–H groups in total. The van der Waals surface area contributed by atoms with Gasteiger partial charge in [-0.3, -0.25) is 4.79 Å². The van der Waals surface area contributed by atoms with Crippen LogP contribution in [0, 0.1) is 17.2 Å². The Labute approximate surface area is 156 Å². The summed E-state index contributed by atoms with van der Waals surface area (Å²) in [6.45, 7) is 12.3. The van der Waals surface area contributed by atoms with Gasteiger partial charge in [0.15, 0.2) is 6.54 Å². The minimum atomic E-state index is -0.811. The van der Waals surface area contributed by atoms with Crippen molar-refractivity contribution in [2.45, 2.75) is 33.2 Å². The van der Waals surface area contributed by atoms with Crippen LogP contribution in [0.3, 0.4) is 0 Å². The number of nitrogens with zero attached hydrogens (tertiary/aromatic N) is 2. The van der Waals surface area contributed by atoms with E-state index in [-0.39, 0.29) is 11.8 Å². The number of piperazine rings is 1. The van der Waals surface area contributed by atoms with Crippen molar-refractivity contribution >= 4 is 11.6 Å². The summed E-state index contributed by atoms with van der Waals surface area (Å²) in [5.41, 5.74) is 0.309. The molecule has 1 aliphatic heterocycles. The van der Waals surface area contributed by atoms with Gasteiger partial charge >= 0.3 is 0 Å². The molecular weight excluding hydrogens is 328 g/mol. The first kappa shape index (κ1) is 20.1. The molecule has 1 aliphatic rings. The number of benzene rings is 1. The first-order chi connectivity index (χ1) is 12.4. The Balaban J connectivity index is 1.89. The summed E-state index contributed by atoms with van der Waals surface area (Å²) in [4.78, 5) is 15.9. The molecule has 1 amide bonds. The van der Waals surface area contributed by atoms with Crippen molar-refractivity contribution < 1.29 is 14.4 Å². The molecule has 0 radical (unpaired) electrons. The fourth-order valence-corrected chi connectivity index (χ4v) is 3.10. The molecule has 0 saturated carbocycles. The monoisotopic (exact) mass is 359 g/mol. The Kier molecular flexibility index (Phi) is 6.87. The lowest BCUT2D eigenvalue weighted by Crippen LogP contribution is -3.16. The van der Waals surface area contributed by atoms with E-state index in [4.69, 9.17) is 4.74 Å². The van der Waals surface area contributed by atoms with Crippen LogP contribution in [0.15, 0.2) is 24.3 Å². The van der Waals surface area contributed by atoms with E-state index >= 15 is 0 Å². The molecule has 0 unspecified atom stereocenters. The fraction of sp³-hybridized carbons (Fsp3) is 0.600. The average Bonchev–Trinajstić information content (AvgIpc) is 2.63. The van der Waals surface area contributed by atoms with Gasteiger partial charge in [0.2, 0.25) is 0 Å². The maximum Gasteiger partial charge on any atom is 0.276 e. The SMILES string of the molecule is CCOc1ccccc1N1CC[NH+](CC(=O)N[C@](C)(C#N)C(C)C)CC1. The van der Waals surface area contributed by atoms with E-state index < -0.39 is 5.54 Å². The first-order valence-electron chi connectivity index (χ1n) is 9.42. The zero-order valence-electron chi connectivity index (χ0n) is 16.3. The largest absolute Gasteiger partial charge is 0.492 e. The Bertz CT molecular complexity index is 647. The number of anilines is 1. The molecule has 1 aromatic rings. The predicted molar refractivity (Wildman–Crippen MR) is 102 cm³/mol. The standard InChI is InChI=1S/C20H30N4O2/c1-5-26-18-9-7-6-8-17(18)24-12-10-23(11-13-24)14-19(25)22-20(4,15-21)16(2)3/h6-9,16H,5,10-14H2,1-4H3,(H,22,25)/p+1/t20-/m1/s1. The van der Waals surface area contributed by atoms with E-state index in [0.717, 1.165) is 37.6 Å². The molecule has 0 bridgehead atoms. The smallest absolute Gasteiger partial charge is 0.276 e. The number of ether oxygens (including phenoxy) is 1. The van der Waals surface area contributed by atoms with Crippen LogP contribution in [-0.2, 0) is 4.79 Å². The second-order valence-corrected chi connectivity index (χ2v) is 7.33. The molecule has 1 fully saturated rings. The molecule has 6 nitrogen and oxygen atoms in total. The van der Waals surface area contributed by atoms with Crippen molar-refractivity contribution in [3.05, 3.63) is 24.3 Å². The molecular formula is C20H31N4O2+.